The number of rotatable bonds is 7. The van der Waals surface area contributed by atoms with Gasteiger partial charge in [0, 0.05) is 5.92 Å². The molecule has 0 aromatic rings. The number of aliphatic hydroxyl groups excluding tert-OH is 2. The molecule has 0 bridgehead atoms. The minimum atomic E-state index is -0.336. The van der Waals surface area contributed by atoms with E-state index in [1.807, 2.05) is 6.92 Å². The quantitative estimate of drug-likeness (QED) is 0.703. The Hall–Kier alpha value is -0.0800. The SMILES string of the molecule is CCCC(O)C(C(O)CC)C(C)C1CCC1. The van der Waals surface area contributed by atoms with Gasteiger partial charge >= 0.3 is 0 Å². The van der Waals surface area contributed by atoms with E-state index >= 15 is 0 Å². The summed E-state index contributed by atoms with van der Waals surface area (Å²) in [5, 5.41) is 20.3. The van der Waals surface area contributed by atoms with Gasteiger partial charge in [0.15, 0.2) is 0 Å². The van der Waals surface area contributed by atoms with Gasteiger partial charge in [-0.3, -0.25) is 0 Å². The van der Waals surface area contributed by atoms with Crippen LogP contribution < -0.4 is 0 Å². The summed E-state index contributed by atoms with van der Waals surface area (Å²) >= 11 is 0. The monoisotopic (exact) mass is 228 g/mol. The van der Waals surface area contributed by atoms with Crippen LogP contribution in [0.5, 0.6) is 0 Å². The maximum Gasteiger partial charge on any atom is 0.0595 e. The maximum absolute atomic E-state index is 10.2. The zero-order chi connectivity index (χ0) is 12.1. The fourth-order valence-electron chi connectivity index (χ4n) is 3.00. The van der Waals surface area contributed by atoms with Crippen molar-refractivity contribution in [2.24, 2.45) is 17.8 Å². The van der Waals surface area contributed by atoms with Crippen LogP contribution in [0.2, 0.25) is 0 Å². The van der Waals surface area contributed by atoms with Crippen LogP contribution in [0.15, 0.2) is 0 Å². The summed E-state index contributed by atoms with van der Waals surface area (Å²) in [5.41, 5.74) is 0. The molecule has 2 nitrogen and oxygen atoms in total. The van der Waals surface area contributed by atoms with E-state index in [0.29, 0.717) is 5.92 Å². The Morgan fingerprint density at radius 2 is 1.75 bits per heavy atom. The maximum atomic E-state index is 10.2. The summed E-state index contributed by atoms with van der Waals surface area (Å²) in [4.78, 5) is 0. The molecule has 2 heteroatoms. The lowest BCUT2D eigenvalue weighted by Gasteiger charge is -2.40. The molecular formula is C14H28O2. The minimum absolute atomic E-state index is 0.0789. The van der Waals surface area contributed by atoms with Gasteiger partial charge < -0.3 is 10.2 Å². The fourth-order valence-corrected chi connectivity index (χ4v) is 3.00. The van der Waals surface area contributed by atoms with Gasteiger partial charge in [-0.25, -0.2) is 0 Å². The first kappa shape index (κ1) is 14.0. The Kier molecular flexibility index (Phi) is 5.77. The molecule has 1 fully saturated rings. The topological polar surface area (TPSA) is 40.5 Å². The lowest BCUT2D eigenvalue weighted by atomic mass is 9.68. The molecule has 1 aliphatic rings. The highest BCUT2D eigenvalue weighted by Gasteiger charge is 2.36. The normalized spacial score (nSPS) is 24.6. The zero-order valence-electron chi connectivity index (χ0n) is 11.0. The predicted molar refractivity (Wildman–Crippen MR) is 67.2 cm³/mol. The fraction of sp³-hybridized carbons (Fsp3) is 1.00. The van der Waals surface area contributed by atoms with Crippen molar-refractivity contribution >= 4 is 0 Å². The van der Waals surface area contributed by atoms with E-state index in [4.69, 9.17) is 0 Å². The lowest BCUT2D eigenvalue weighted by Crippen LogP contribution is -2.40. The van der Waals surface area contributed by atoms with E-state index in [1.165, 1.54) is 19.3 Å². The Balaban J connectivity index is 2.60. The van der Waals surface area contributed by atoms with Crippen molar-refractivity contribution in [2.45, 2.75) is 71.5 Å². The predicted octanol–water partition coefficient (Wildman–Crippen LogP) is 2.97. The van der Waals surface area contributed by atoms with E-state index < -0.39 is 0 Å². The molecule has 0 radical (unpaired) electrons. The second-order valence-electron chi connectivity index (χ2n) is 5.46. The summed E-state index contributed by atoms with van der Waals surface area (Å²) in [6.45, 7) is 6.31. The Bertz CT molecular complexity index is 189. The van der Waals surface area contributed by atoms with Crippen LogP contribution in [0.3, 0.4) is 0 Å². The van der Waals surface area contributed by atoms with E-state index in [-0.39, 0.29) is 18.1 Å². The molecule has 1 rings (SSSR count). The van der Waals surface area contributed by atoms with Crippen molar-refractivity contribution in [1.29, 1.82) is 0 Å². The largest absolute Gasteiger partial charge is 0.393 e. The summed E-state index contributed by atoms with van der Waals surface area (Å²) in [7, 11) is 0. The molecule has 96 valence electrons. The van der Waals surface area contributed by atoms with Gasteiger partial charge in [0.1, 0.15) is 0 Å². The van der Waals surface area contributed by atoms with Crippen molar-refractivity contribution in [1.82, 2.24) is 0 Å². The molecule has 0 amide bonds. The van der Waals surface area contributed by atoms with Crippen LogP contribution in [0.4, 0.5) is 0 Å². The Labute approximate surface area is 100 Å². The highest BCUT2D eigenvalue weighted by atomic mass is 16.3. The molecule has 4 atom stereocenters. The molecular weight excluding hydrogens is 200 g/mol. The van der Waals surface area contributed by atoms with Crippen molar-refractivity contribution in [3.8, 4) is 0 Å². The second-order valence-corrected chi connectivity index (χ2v) is 5.46. The summed E-state index contributed by atoms with van der Waals surface area (Å²) < 4.78 is 0. The molecule has 0 aromatic heterocycles. The van der Waals surface area contributed by atoms with Crippen LogP contribution in [-0.2, 0) is 0 Å². The van der Waals surface area contributed by atoms with Gasteiger partial charge in [0.05, 0.1) is 12.2 Å². The molecule has 2 N–H and O–H groups in total. The summed E-state index contributed by atoms with van der Waals surface area (Å²) in [6.07, 6.45) is 5.80. The second kappa shape index (κ2) is 6.61. The van der Waals surface area contributed by atoms with Gasteiger partial charge in [0.2, 0.25) is 0 Å². The third kappa shape index (κ3) is 3.21. The molecule has 1 saturated carbocycles. The highest BCUT2D eigenvalue weighted by molar-refractivity contribution is 4.86. The standard InChI is InChI=1S/C14H28O2/c1-4-7-13(16)14(12(15)5-2)10(3)11-8-6-9-11/h10-16H,4-9H2,1-3H3. The van der Waals surface area contributed by atoms with Crippen molar-refractivity contribution in [2.75, 3.05) is 0 Å². The van der Waals surface area contributed by atoms with E-state index in [2.05, 4.69) is 13.8 Å². The van der Waals surface area contributed by atoms with Crippen LogP contribution in [0, 0.1) is 17.8 Å². The average molecular weight is 228 g/mol. The molecule has 0 saturated heterocycles. The van der Waals surface area contributed by atoms with E-state index in [0.717, 1.165) is 25.2 Å². The lowest BCUT2D eigenvalue weighted by molar-refractivity contribution is -0.0439. The van der Waals surface area contributed by atoms with Gasteiger partial charge in [-0.15, -0.1) is 0 Å². The summed E-state index contributed by atoms with van der Waals surface area (Å²) in [5.74, 6) is 1.28. The average Bonchev–Trinajstić information content (AvgIpc) is 2.15. The first-order valence-electron chi connectivity index (χ1n) is 6.97. The molecule has 4 unspecified atom stereocenters. The molecule has 0 aromatic carbocycles. The van der Waals surface area contributed by atoms with Crippen molar-refractivity contribution < 1.29 is 10.2 Å². The number of hydrogen-bond acceptors (Lipinski definition) is 2. The first-order chi connectivity index (χ1) is 7.61. The van der Waals surface area contributed by atoms with Crippen LogP contribution in [0.1, 0.15) is 59.3 Å². The summed E-state index contributed by atoms with van der Waals surface area (Å²) in [6, 6.07) is 0. The third-order valence-corrected chi connectivity index (χ3v) is 4.39. The molecule has 0 heterocycles. The highest BCUT2D eigenvalue weighted by Crippen LogP contribution is 2.40. The third-order valence-electron chi connectivity index (χ3n) is 4.39. The van der Waals surface area contributed by atoms with Crippen molar-refractivity contribution in [3.63, 3.8) is 0 Å². The minimum Gasteiger partial charge on any atom is -0.393 e. The number of aliphatic hydroxyl groups is 2. The first-order valence-corrected chi connectivity index (χ1v) is 6.97. The smallest absolute Gasteiger partial charge is 0.0595 e. The number of hydrogen-bond donors (Lipinski definition) is 2. The van der Waals surface area contributed by atoms with Crippen molar-refractivity contribution in [3.05, 3.63) is 0 Å². The molecule has 1 aliphatic carbocycles. The van der Waals surface area contributed by atoms with Gasteiger partial charge in [-0.05, 0) is 24.7 Å². The molecule has 0 aliphatic heterocycles. The van der Waals surface area contributed by atoms with Crippen LogP contribution >= 0.6 is 0 Å². The van der Waals surface area contributed by atoms with Gasteiger partial charge in [0.25, 0.3) is 0 Å². The zero-order valence-corrected chi connectivity index (χ0v) is 11.0. The van der Waals surface area contributed by atoms with Gasteiger partial charge in [-0.1, -0.05) is 46.5 Å². The van der Waals surface area contributed by atoms with E-state index in [9.17, 15) is 10.2 Å². The van der Waals surface area contributed by atoms with Crippen LogP contribution in [0.25, 0.3) is 0 Å². The van der Waals surface area contributed by atoms with Crippen LogP contribution in [-0.4, -0.2) is 22.4 Å². The molecule has 0 spiro atoms. The molecule has 16 heavy (non-hydrogen) atoms. The Morgan fingerprint density at radius 3 is 2.12 bits per heavy atom. The Morgan fingerprint density at radius 1 is 1.12 bits per heavy atom. The van der Waals surface area contributed by atoms with Gasteiger partial charge in [-0.2, -0.15) is 0 Å². The van der Waals surface area contributed by atoms with E-state index in [1.54, 1.807) is 0 Å².